The van der Waals surface area contributed by atoms with Crippen LogP contribution in [-0.2, 0) is 12.8 Å². The number of guanidine groups is 2. The monoisotopic (exact) mass is 419 g/mol. The Labute approximate surface area is 175 Å². The topological polar surface area (TPSA) is 168 Å². The molecule has 0 spiro atoms. The predicted molar refractivity (Wildman–Crippen MR) is 115 cm³/mol. The number of hydrogen-bond donors (Lipinski definition) is 4. The molecule has 0 aromatic carbocycles. The highest BCUT2D eigenvalue weighted by Gasteiger charge is 2.07. The third-order valence-electron chi connectivity index (χ3n) is 3.99. The smallest absolute Gasteiger partial charge is 0.204 e. The maximum atomic E-state index is 8.99. The third-order valence-corrected chi connectivity index (χ3v) is 4.87. The average molecular weight is 420 g/mol. The van der Waals surface area contributed by atoms with Crippen LogP contribution >= 0.6 is 11.5 Å². The summed E-state index contributed by atoms with van der Waals surface area (Å²) in [5.74, 6) is 0.437. The Morgan fingerprint density at radius 1 is 1.00 bits per heavy atom. The Bertz CT molecular complexity index is 683. The second kappa shape index (κ2) is 14.1. The van der Waals surface area contributed by atoms with Gasteiger partial charge in [0.25, 0.3) is 0 Å². The summed E-state index contributed by atoms with van der Waals surface area (Å²) in [6.07, 6.45) is 5.70. The first-order valence-electron chi connectivity index (χ1n) is 9.20. The van der Waals surface area contributed by atoms with Crippen LogP contribution in [0.25, 0.3) is 0 Å². The van der Waals surface area contributed by atoms with Crippen LogP contribution in [0.3, 0.4) is 0 Å². The van der Waals surface area contributed by atoms with Crippen LogP contribution in [0.2, 0.25) is 0 Å². The van der Waals surface area contributed by atoms with E-state index < -0.39 is 0 Å². The molecule has 11 nitrogen and oxygen atoms in total. The van der Waals surface area contributed by atoms with Crippen LogP contribution in [0.5, 0.6) is 0 Å². The lowest BCUT2D eigenvalue weighted by Crippen LogP contribution is -2.38. The van der Waals surface area contributed by atoms with Gasteiger partial charge in [-0.05, 0) is 24.0 Å². The molecule has 0 atom stereocenters. The van der Waals surface area contributed by atoms with Gasteiger partial charge in [0.05, 0.1) is 5.69 Å². The van der Waals surface area contributed by atoms with Crippen LogP contribution < -0.4 is 22.1 Å². The van der Waals surface area contributed by atoms with Crippen molar-refractivity contribution in [3.63, 3.8) is 0 Å². The molecule has 0 aliphatic heterocycles. The highest BCUT2D eigenvalue weighted by atomic mass is 32.1. The summed E-state index contributed by atoms with van der Waals surface area (Å²) < 4.78 is 4.47. The van der Waals surface area contributed by atoms with Crippen molar-refractivity contribution in [1.29, 1.82) is 10.5 Å². The van der Waals surface area contributed by atoms with Crippen molar-refractivity contribution in [2.24, 2.45) is 21.5 Å². The molecular formula is C17H29N11S. The fraction of sp³-hybridized carbons (Fsp3) is 0.588. The maximum absolute atomic E-state index is 8.99. The fourth-order valence-corrected chi connectivity index (χ4v) is 3.08. The van der Waals surface area contributed by atoms with E-state index in [9.17, 15) is 0 Å². The Morgan fingerprint density at radius 3 is 2.00 bits per heavy atom. The van der Waals surface area contributed by atoms with Crippen molar-refractivity contribution in [1.82, 2.24) is 24.8 Å². The first-order chi connectivity index (χ1) is 14.0. The van der Waals surface area contributed by atoms with Crippen molar-refractivity contribution < 1.29 is 0 Å². The first-order valence-corrected chi connectivity index (χ1v) is 9.98. The highest BCUT2D eigenvalue weighted by Crippen LogP contribution is 2.10. The summed E-state index contributed by atoms with van der Waals surface area (Å²) in [6.45, 7) is 3.82. The van der Waals surface area contributed by atoms with Crippen LogP contribution in [0.4, 0.5) is 0 Å². The maximum Gasteiger partial charge on any atom is 0.204 e. The van der Waals surface area contributed by atoms with E-state index in [-0.39, 0.29) is 11.9 Å². The zero-order chi connectivity index (χ0) is 21.5. The molecule has 0 saturated carbocycles. The number of nitrogens with one attached hydrogen (secondary N) is 2. The van der Waals surface area contributed by atoms with Gasteiger partial charge in [0, 0.05) is 64.7 Å². The SMILES string of the molecule is CN=C(N)N(C#N)CCNCCc1cc(CCNCCN(C#N)C(N)=NC)sn1. The molecule has 0 unspecified atom stereocenters. The number of rotatable bonds is 12. The second-order valence-corrected chi connectivity index (χ2v) is 6.84. The minimum Gasteiger partial charge on any atom is -0.369 e. The quantitative estimate of drug-likeness (QED) is 0.108. The molecule has 1 heterocycles. The van der Waals surface area contributed by atoms with E-state index in [1.54, 1.807) is 14.1 Å². The lowest BCUT2D eigenvalue weighted by Gasteiger charge is -2.14. The van der Waals surface area contributed by atoms with Crippen LogP contribution in [0.1, 0.15) is 10.6 Å². The molecule has 12 heteroatoms. The molecule has 0 bridgehead atoms. The standard InChI is InChI=1S/C17H29N11S/c1-22-16(20)27(12-18)9-7-24-5-3-14-11-15(29-26-14)4-6-25-8-10-28(13-19)17(21)23-2/h11,24-25H,3-10H2,1-2H3,(H2,20,22)(H2,21,23). The Morgan fingerprint density at radius 2 is 1.52 bits per heavy atom. The Hall–Kier alpha value is -2.93. The van der Waals surface area contributed by atoms with Gasteiger partial charge in [-0.15, -0.1) is 0 Å². The average Bonchev–Trinajstić information content (AvgIpc) is 3.19. The van der Waals surface area contributed by atoms with Gasteiger partial charge < -0.3 is 22.1 Å². The number of nitrogens with two attached hydrogens (primary N) is 2. The number of aromatic nitrogens is 1. The van der Waals surface area contributed by atoms with E-state index in [0.717, 1.165) is 31.6 Å². The summed E-state index contributed by atoms with van der Waals surface area (Å²) in [5, 5.41) is 24.5. The van der Waals surface area contributed by atoms with Gasteiger partial charge in [0.2, 0.25) is 11.9 Å². The van der Waals surface area contributed by atoms with Gasteiger partial charge >= 0.3 is 0 Å². The summed E-state index contributed by atoms with van der Waals surface area (Å²) >= 11 is 1.50. The number of hydrogen-bond acceptors (Lipinski definition) is 8. The molecule has 158 valence electrons. The van der Waals surface area contributed by atoms with E-state index in [2.05, 4.69) is 31.1 Å². The third kappa shape index (κ3) is 9.21. The zero-order valence-electron chi connectivity index (χ0n) is 16.9. The summed E-state index contributed by atoms with van der Waals surface area (Å²) in [7, 11) is 3.11. The molecule has 0 fully saturated rings. The lowest BCUT2D eigenvalue weighted by molar-refractivity contribution is 0.528. The van der Waals surface area contributed by atoms with Gasteiger partial charge in [0.1, 0.15) is 0 Å². The molecule has 0 saturated heterocycles. The highest BCUT2D eigenvalue weighted by molar-refractivity contribution is 7.05. The Balaban J connectivity index is 2.19. The first kappa shape index (κ1) is 24.1. The molecule has 1 rings (SSSR count). The van der Waals surface area contributed by atoms with E-state index in [0.29, 0.717) is 26.2 Å². The fourth-order valence-electron chi connectivity index (χ4n) is 2.32. The van der Waals surface area contributed by atoms with Crippen molar-refractivity contribution in [2.75, 3.05) is 53.4 Å². The van der Waals surface area contributed by atoms with Gasteiger partial charge in [-0.1, -0.05) is 0 Å². The van der Waals surface area contributed by atoms with Crippen molar-refractivity contribution in [3.05, 3.63) is 16.6 Å². The molecule has 0 radical (unpaired) electrons. The minimum atomic E-state index is 0.217. The normalized spacial score (nSPS) is 11.7. The van der Waals surface area contributed by atoms with Crippen molar-refractivity contribution >= 4 is 23.5 Å². The van der Waals surface area contributed by atoms with E-state index >= 15 is 0 Å². The molecule has 6 N–H and O–H groups in total. The van der Waals surface area contributed by atoms with Gasteiger partial charge in [-0.25, -0.2) is 9.80 Å². The predicted octanol–water partition coefficient (Wildman–Crippen LogP) is -1.14. The molecule has 0 aliphatic carbocycles. The van der Waals surface area contributed by atoms with Crippen LogP contribution in [0, 0.1) is 22.9 Å². The molecule has 29 heavy (non-hydrogen) atoms. The van der Waals surface area contributed by atoms with Gasteiger partial charge in [0.15, 0.2) is 12.4 Å². The number of nitrogens with zero attached hydrogens (tertiary/aromatic N) is 7. The number of nitriles is 2. The van der Waals surface area contributed by atoms with E-state index in [4.69, 9.17) is 22.0 Å². The van der Waals surface area contributed by atoms with Gasteiger partial charge in [-0.2, -0.15) is 14.9 Å². The second-order valence-electron chi connectivity index (χ2n) is 5.95. The minimum absolute atomic E-state index is 0.217. The van der Waals surface area contributed by atoms with E-state index in [1.807, 2.05) is 12.4 Å². The Kier molecular flexibility index (Phi) is 11.7. The number of aliphatic imine (C=N–C) groups is 2. The van der Waals surface area contributed by atoms with E-state index in [1.165, 1.54) is 26.2 Å². The summed E-state index contributed by atoms with van der Waals surface area (Å²) in [4.78, 5) is 11.5. The van der Waals surface area contributed by atoms with Crippen molar-refractivity contribution in [2.45, 2.75) is 12.8 Å². The summed E-state index contributed by atoms with van der Waals surface area (Å²) in [5.41, 5.74) is 12.3. The summed E-state index contributed by atoms with van der Waals surface area (Å²) in [6, 6.07) is 2.11. The molecule has 1 aromatic heterocycles. The van der Waals surface area contributed by atoms with Crippen molar-refractivity contribution in [3.8, 4) is 12.4 Å². The molecule has 1 aromatic rings. The largest absolute Gasteiger partial charge is 0.369 e. The lowest BCUT2D eigenvalue weighted by atomic mass is 10.2. The molecular weight excluding hydrogens is 390 g/mol. The molecule has 0 amide bonds. The molecule has 0 aliphatic rings. The van der Waals surface area contributed by atoms with Crippen LogP contribution in [-0.4, -0.2) is 79.5 Å². The van der Waals surface area contributed by atoms with Gasteiger partial charge in [-0.3, -0.25) is 9.98 Å². The zero-order valence-corrected chi connectivity index (χ0v) is 17.7. The van der Waals surface area contributed by atoms with Crippen LogP contribution in [0.15, 0.2) is 16.1 Å².